The van der Waals surface area contributed by atoms with Gasteiger partial charge in [0.15, 0.2) is 17.5 Å². The Morgan fingerprint density at radius 1 is 1.24 bits per heavy atom. The van der Waals surface area contributed by atoms with E-state index in [1.165, 1.54) is 0 Å². The van der Waals surface area contributed by atoms with Crippen LogP contribution in [0.5, 0.6) is 0 Å². The fraction of sp³-hybridized carbons (Fsp3) is 0.667. The molecular formula is C21H34FN7O3S. The van der Waals surface area contributed by atoms with E-state index in [2.05, 4.69) is 25.5 Å². The third-order valence-electron chi connectivity index (χ3n) is 6.31. The average Bonchev–Trinajstić information content (AvgIpc) is 3.23. The van der Waals surface area contributed by atoms with E-state index in [0.29, 0.717) is 31.5 Å². The highest BCUT2D eigenvalue weighted by Gasteiger charge is 2.41. The quantitative estimate of drug-likeness (QED) is 0.497. The maximum absolute atomic E-state index is 14.8. The number of anilines is 3. The first-order valence-corrected chi connectivity index (χ1v) is 13.0. The van der Waals surface area contributed by atoms with E-state index in [1.54, 1.807) is 17.3 Å². The minimum atomic E-state index is -3.33. The summed E-state index contributed by atoms with van der Waals surface area (Å²) >= 11 is 0. The van der Waals surface area contributed by atoms with Crippen molar-refractivity contribution in [1.82, 2.24) is 24.5 Å². The summed E-state index contributed by atoms with van der Waals surface area (Å²) in [6.07, 6.45) is 2.60. The number of halogens is 1. The second kappa shape index (κ2) is 10.3. The fourth-order valence-corrected chi connectivity index (χ4v) is 6.11. The number of aryl methyl sites for hydroxylation is 1. The zero-order chi connectivity index (χ0) is 24.3. The number of sulfonamides is 1. The van der Waals surface area contributed by atoms with Gasteiger partial charge in [-0.15, -0.1) is 0 Å². The smallest absolute Gasteiger partial charge is 0.227 e. The van der Waals surface area contributed by atoms with E-state index in [4.69, 9.17) is 0 Å². The van der Waals surface area contributed by atoms with E-state index < -0.39 is 22.4 Å². The minimum Gasteiger partial charge on any atom is -0.390 e. The van der Waals surface area contributed by atoms with Crippen LogP contribution >= 0.6 is 0 Å². The number of aromatic amines is 1. The molecule has 0 spiro atoms. The van der Waals surface area contributed by atoms with E-state index in [1.807, 2.05) is 32.7 Å². The van der Waals surface area contributed by atoms with Crippen LogP contribution in [0, 0.1) is 12.7 Å². The third kappa shape index (κ3) is 5.28. The van der Waals surface area contributed by atoms with Gasteiger partial charge in [-0.25, -0.2) is 17.8 Å². The molecule has 0 aliphatic carbocycles. The maximum Gasteiger partial charge on any atom is 0.227 e. The van der Waals surface area contributed by atoms with Gasteiger partial charge in [-0.1, -0.05) is 13.8 Å². The molecular weight excluding hydrogens is 449 g/mol. The largest absolute Gasteiger partial charge is 0.390 e. The highest BCUT2D eigenvalue weighted by molar-refractivity contribution is 7.89. The molecule has 1 aliphatic heterocycles. The first kappa shape index (κ1) is 25.3. The van der Waals surface area contributed by atoms with Gasteiger partial charge in [-0.05, 0) is 39.5 Å². The Morgan fingerprint density at radius 3 is 2.36 bits per heavy atom. The standard InChI is InChI=1S/C21H34FN7O3S/c1-6-14-10-16(11-15(7-2)29(14)33(31,32)8-3)28(5)21-23-17(12-30)19(22)20(25-21)24-18-9-13(4)26-27-18/h9,14-16,30H,6-8,10-12H2,1-5H3,(H2,23,24,25,26,27)/t14-,15+,16-. The van der Waals surface area contributed by atoms with Crippen molar-refractivity contribution < 1.29 is 17.9 Å². The van der Waals surface area contributed by atoms with Gasteiger partial charge in [0.2, 0.25) is 16.0 Å². The van der Waals surface area contributed by atoms with Crippen molar-refractivity contribution in [3.63, 3.8) is 0 Å². The second-order valence-corrected chi connectivity index (χ2v) is 10.6. The summed E-state index contributed by atoms with van der Waals surface area (Å²) in [6.45, 7) is 6.90. The lowest BCUT2D eigenvalue weighted by molar-refractivity contribution is 0.153. The van der Waals surface area contributed by atoms with Gasteiger partial charge in [0.25, 0.3) is 0 Å². The predicted octanol–water partition coefficient (Wildman–Crippen LogP) is 2.69. The van der Waals surface area contributed by atoms with Crippen molar-refractivity contribution in [2.24, 2.45) is 0 Å². The number of nitrogens with zero attached hydrogens (tertiary/aromatic N) is 5. The van der Waals surface area contributed by atoms with Gasteiger partial charge in [0.05, 0.1) is 12.4 Å². The summed E-state index contributed by atoms with van der Waals surface area (Å²) in [7, 11) is -1.51. The van der Waals surface area contributed by atoms with Crippen LogP contribution < -0.4 is 10.2 Å². The van der Waals surface area contributed by atoms with E-state index in [9.17, 15) is 17.9 Å². The van der Waals surface area contributed by atoms with Crippen LogP contribution in [0.25, 0.3) is 0 Å². The third-order valence-corrected chi connectivity index (χ3v) is 8.28. The van der Waals surface area contributed by atoms with Crippen molar-refractivity contribution in [1.29, 1.82) is 0 Å². The number of piperidine rings is 1. The molecule has 184 valence electrons. The van der Waals surface area contributed by atoms with Crippen LogP contribution in [0.4, 0.5) is 22.0 Å². The Labute approximate surface area is 194 Å². The number of aliphatic hydroxyl groups is 1. The summed E-state index contributed by atoms with van der Waals surface area (Å²) in [5.74, 6) is -0.0812. The summed E-state index contributed by atoms with van der Waals surface area (Å²) in [4.78, 5) is 10.5. The molecule has 3 rings (SSSR count). The van der Waals surface area contributed by atoms with Crippen LogP contribution in [0.1, 0.15) is 57.8 Å². The van der Waals surface area contributed by atoms with Crippen LogP contribution in [0.15, 0.2) is 6.07 Å². The SMILES string of the molecule is CC[C@@H]1C[C@@H](N(C)c2nc(CO)c(F)c(Nc3cc(C)[nH]n3)n2)C[C@H](CC)N1S(=O)(=O)CC. The van der Waals surface area contributed by atoms with Crippen LogP contribution in [0.2, 0.25) is 0 Å². The topological polar surface area (TPSA) is 127 Å². The Hall–Kier alpha value is -2.31. The molecule has 2 aromatic rings. The molecule has 3 N–H and O–H groups in total. The van der Waals surface area contributed by atoms with E-state index in [0.717, 1.165) is 5.69 Å². The number of aromatic nitrogens is 4. The maximum atomic E-state index is 14.8. The van der Waals surface area contributed by atoms with Gasteiger partial charge < -0.3 is 15.3 Å². The summed E-state index contributed by atoms with van der Waals surface area (Å²) < 4.78 is 42.1. The van der Waals surface area contributed by atoms with Crippen molar-refractivity contribution in [3.05, 3.63) is 23.3 Å². The van der Waals surface area contributed by atoms with E-state index >= 15 is 0 Å². The zero-order valence-electron chi connectivity index (χ0n) is 19.8. The van der Waals surface area contributed by atoms with Crippen molar-refractivity contribution in [3.8, 4) is 0 Å². The average molecular weight is 484 g/mol. The second-order valence-electron chi connectivity index (χ2n) is 8.44. The molecule has 3 atom stereocenters. The Morgan fingerprint density at radius 2 is 1.88 bits per heavy atom. The Kier molecular flexibility index (Phi) is 7.91. The molecule has 10 nitrogen and oxygen atoms in total. The van der Waals surface area contributed by atoms with Gasteiger partial charge in [0.1, 0.15) is 5.69 Å². The van der Waals surface area contributed by atoms with Gasteiger partial charge in [-0.2, -0.15) is 14.4 Å². The van der Waals surface area contributed by atoms with Gasteiger partial charge >= 0.3 is 0 Å². The molecule has 0 unspecified atom stereocenters. The number of nitrogens with one attached hydrogen (secondary N) is 2. The molecule has 0 amide bonds. The molecule has 1 aliphatic rings. The lowest BCUT2D eigenvalue weighted by Crippen LogP contribution is -2.56. The molecule has 0 bridgehead atoms. The Balaban J connectivity index is 1.92. The lowest BCUT2D eigenvalue weighted by Gasteiger charge is -2.46. The predicted molar refractivity (Wildman–Crippen MR) is 125 cm³/mol. The minimum absolute atomic E-state index is 0.0410. The molecule has 0 aromatic carbocycles. The first-order valence-electron chi connectivity index (χ1n) is 11.3. The number of rotatable bonds is 9. The van der Waals surface area contributed by atoms with Crippen molar-refractivity contribution in [2.45, 2.75) is 78.1 Å². The highest BCUT2D eigenvalue weighted by atomic mass is 32.2. The van der Waals surface area contributed by atoms with Crippen LogP contribution in [-0.2, 0) is 16.6 Å². The molecule has 0 saturated carbocycles. The van der Waals surface area contributed by atoms with Crippen molar-refractivity contribution in [2.75, 3.05) is 23.0 Å². The number of hydrogen-bond acceptors (Lipinski definition) is 8. The summed E-state index contributed by atoms with van der Waals surface area (Å²) in [5, 5.41) is 19.3. The highest BCUT2D eigenvalue weighted by Crippen LogP contribution is 2.34. The molecule has 3 heterocycles. The van der Waals surface area contributed by atoms with Crippen LogP contribution in [-0.4, -0.2) is 68.9 Å². The number of aliphatic hydroxyl groups excluding tert-OH is 1. The molecule has 1 saturated heterocycles. The normalized spacial score (nSPS) is 21.8. The number of hydrogen-bond donors (Lipinski definition) is 3. The zero-order valence-corrected chi connectivity index (χ0v) is 20.7. The monoisotopic (exact) mass is 483 g/mol. The van der Waals surface area contributed by atoms with Crippen molar-refractivity contribution >= 4 is 27.6 Å². The number of H-pyrrole nitrogens is 1. The van der Waals surface area contributed by atoms with Gasteiger partial charge in [0, 0.05) is 36.9 Å². The molecule has 33 heavy (non-hydrogen) atoms. The summed E-state index contributed by atoms with van der Waals surface area (Å²) in [5.41, 5.74) is 0.684. The molecule has 1 fully saturated rings. The van der Waals surface area contributed by atoms with Gasteiger partial charge in [-0.3, -0.25) is 5.10 Å². The van der Waals surface area contributed by atoms with E-state index in [-0.39, 0.29) is 41.3 Å². The molecule has 12 heteroatoms. The lowest BCUT2D eigenvalue weighted by atomic mass is 9.90. The van der Waals surface area contributed by atoms with Crippen LogP contribution in [0.3, 0.4) is 0 Å². The molecule has 2 aromatic heterocycles. The first-order chi connectivity index (χ1) is 15.6. The Bertz CT molecular complexity index is 1050. The summed E-state index contributed by atoms with van der Waals surface area (Å²) in [6, 6.07) is 1.40. The molecule has 0 radical (unpaired) electrons. The fourth-order valence-electron chi connectivity index (χ4n) is 4.44.